The molecular weight excluding hydrogens is 246 g/mol. The van der Waals surface area contributed by atoms with Gasteiger partial charge in [-0.1, -0.05) is 12.2 Å². The van der Waals surface area contributed by atoms with Gasteiger partial charge in [-0.2, -0.15) is 0 Å². The van der Waals surface area contributed by atoms with Crippen LogP contribution in [0.4, 0.5) is 5.82 Å². The lowest BCUT2D eigenvalue weighted by Gasteiger charge is -2.13. The predicted octanol–water partition coefficient (Wildman–Crippen LogP) is 2.54. The number of nitrogens with one attached hydrogen (secondary N) is 1. The maximum Gasteiger partial charge on any atom is 0.137 e. The summed E-state index contributed by atoms with van der Waals surface area (Å²) < 4.78 is 5.26. The molecule has 2 rings (SSSR count). The minimum Gasteiger partial charge on any atom is -0.467 e. The van der Waals surface area contributed by atoms with Gasteiger partial charge in [0.15, 0.2) is 0 Å². The summed E-state index contributed by atoms with van der Waals surface area (Å²) in [5.74, 6) is 1.54. The third kappa shape index (κ3) is 2.68. The summed E-state index contributed by atoms with van der Waals surface area (Å²) in [6, 6.07) is 5.71. The summed E-state index contributed by atoms with van der Waals surface area (Å²) in [5, 5.41) is 3.21. The number of hydrogen-bond donors (Lipinski definition) is 2. The Hall–Kier alpha value is -1.88. The number of furan rings is 1. The van der Waals surface area contributed by atoms with Crippen molar-refractivity contribution in [1.29, 1.82) is 0 Å². The largest absolute Gasteiger partial charge is 0.467 e. The maximum absolute atomic E-state index is 5.74. The Kier molecular flexibility index (Phi) is 3.62. The van der Waals surface area contributed by atoms with Gasteiger partial charge in [0.2, 0.25) is 0 Å². The third-order valence-electron chi connectivity index (χ3n) is 2.60. The van der Waals surface area contributed by atoms with Crippen LogP contribution in [0, 0.1) is 13.8 Å². The molecule has 5 heteroatoms. The fraction of sp³-hybridized carbons (Fsp3) is 0.231. The second-order valence-corrected chi connectivity index (χ2v) is 4.54. The van der Waals surface area contributed by atoms with Gasteiger partial charge in [0.05, 0.1) is 18.4 Å². The molecule has 0 aliphatic rings. The molecule has 2 aromatic rings. The van der Waals surface area contributed by atoms with E-state index in [2.05, 4.69) is 10.3 Å². The molecule has 0 unspecified atom stereocenters. The average Bonchev–Trinajstić information content (AvgIpc) is 2.77. The van der Waals surface area contributed by atoms with Gasteiger partial charge in [0.1, 0.15) is 16.6 Å². The van der Waals surface area contributed by atoms with Crippen molar-refractivity contribution in [3.8, 4) is 0 Å². The Balaban J connectivity index is 2.28. The van der Waals surface area contributed by atoms with Crippen molar-refractivity contribution >= 4 is 23.0 Å². The van der Waals surface area contributed by atoms with Crippen molar-refractivity contribution in [1.82, 2.24) is 4.98 Å². The Morgan fingerprint density at radius 1 is 1.50 bits per heavy atom. The van der Waals surface area contributed by atoms with Crippen LogP contribution in [-0.4, -0.2) is 9.97 Å². The summed E-state index contributed by atoms with van der Waals surface area (Å²) in [6.07, 6.45) is 1.64. The van der Waals surface area contributed by atoms with Gasteiger partial charge in [0.25, 0.3) is 0 Å². The van der Waals surface area contributed by atoms with Gasteiger partial charge >= 0.3 is 0 Å². The van der Waals surface area contributed by atoms with Crippen molar-refractivity contribution in [3.05, 3.63) is 47.0 Å². The van der Waals surface area contributed by atoms with E-state index in [1.54, 1.807) is 6.26 Å². The molecule has 2 heterocycles. The number of rotatable bonds is 4. The van der Waals surface area contributed by atoms with Crippen LogP contribution in [0.15, 0.2) is 28.9 Å². The third-order valence-corrected chi connectivity index (χ3v) is 2.81. The van der Waals surface area contributed by atoms with E-state index in [4.69, 9.17) is 22.4 Å². The van der Waals surface area contributed by atoms with Crippen molar-refractivity contribution in [2.24, 2.45) is 5.73 Å². The molecule has 0 radical (unpaired) electrons. The quantitative estimate of drug-likeness (QED) is 0.828. The fourth-order valence-electron chi connectivity index (χ4n) is 1.86. The number of thiocarbonyl (C=S) groups is 1. The van der Waals surface area contributed by atoms with Gasteiger partial charge in [0, 0.05) is 5.69 Å². The minimum absolute atomic E-state index is 0.349. The van der Waals surface area contributed by atoms with Gasteiger partial charge in [-0.05, 0) is 37.6 Å². The van der Waals surface area contributed by atoms with Gasteiger partial charge in [-0.25, -0.2) is 4.98 Å². The van der Waals surface area contributed by atoms with Crippen LogP contribution in [0.1, 0.15) is 22.6 Å². The summed E-state index contributed by atoms with van der Waals surface area (Å²) >= 11 is 5.07. The number of hydrogen-bond acceptors (Lipinski definition) is 4. The SMILES string of the molecule is Cc1cc(C)c(C(N)=S)c(NCc2ccco2)n1. The molecule has 0 bridgehead atoms. The summed E-state index contributed by atoms with van der Waals surface area (Å²) in [7, 11) is 0. The standard InChI is InChI=1S/C13H15N3OS/c1-8-6-9(2)16-13(11(8)12(14)18)15-7-10-4-3-5-17-10/h3-6H,7H2,1-2H3,(H2,14,18)(H,15,16). The van der Waals surface area contributed by atoms with E-state index in [1.807, 2.05) is 32.0 Å². The Morgan fingerprint density at radius 3 is 2.89 bits per heavy atom. The zero-order valence-electron chi connectivity index (χ0n) is 10.4. The molecule has 0 atom stereocenters. The Labute approximate surface area is 111 Å². The summed E-state index contributed by atoms with van der Waals surface area (Å²) in [6.45, 7) is 4.47. The zero-order valence-corrected chi connectivity index (χ0v) is 11.2. The van der Waals surface area contributed by atoms with E-state index in [-0.39, 0.29) is 0 Å². The van der Waals surface area contributed by atoms with E-state index >= 15 is 0 Å². The molecule has 0 spiro atoms. The molecule has 4 nitrogen and oxygen atoms in total. The van der Waals surface area contributed by atoms with Crippen LogP contribution in [-0.2, 0) is 6.54 Å². The van der Waals surface area contributed by atoms with E-state index in [9.17, 15) is 0 Å². The van der Waals surface area contributed by atoms with Crippen LogP contribution < -0.4 is 11.1 Å². The smallest absolute Gasteiger partial charge is 0.137 e. The fourth-order valence-corrected chi connectivity index (χ4v) is 2.12. The van der Waals surface area contributed by atoms with E-state index in [0.717, 1.165) is 22.6 Å². The number of nitrogens with two attached hydrogens (primary N) is 1. The summed E-state index contributed by atoms with van der Waals surface area (Å²) in [4.78, 5) is 4.78. The molecule has 0 aliphatic carbocycles. The number of aryl methyl sites for hydroxylation is 2. The molecule has 18 heavy (non-hydrogen) atoms. The first-order valence-corrected chi connectivity index (χ1v) is 6.03. The second kappa shape index (κ2) is 5.18. The van der Waals surface area contributed by atoms with Crippen LogP contribution in [0.25, 0.3) is 0 Å². The first kappa shape index (κ1) is 12.6. The number of aromatic nitrogens is 1. The van der Waals surface area contributed by atoms with Gasteiger partial charge in [-0.3, -0.25) is 0 Å². The second-order valence-electron chi connectivity index (χ2n) is 4.10. The van der Waals surface area contributed by atoms with Crippen molar-refractivity contribution < 1.29 is 4.42 Å². The molecule has 2 aromatic heterocycles. The highest BCUT2D eigenvalue weighted by Crippen LogP contribution is 2.19. The molecule has 0 amide bonds. The molecular formula is C13H15N3OS. The van der Waals surface area contributed by atoms with Crippen LogP contribution in [0.2, 0.25) is 0 Å². The Bertz CT molecular complexity index is 564. The first-order chi connectivity index (χ1) is 8.58. The van der Waals surface area contributed by atoms with Crippen LogP contribution in [0.5, 0.6) is 0 Å². The zero-order chi connectivity index (χ0) is 13.1. The monoisotopic (exact) mass is 261 g/mol. The molecule has 0 saturated carbocycles. The maximum atomic E-state index is 5.74. The first-order valence-electron chi connectivity index (χ1n) is 5.62. The highest BCUT2D eigenvalue weighted by molar-refractivity contribution is 7.80. The van der Waals surface area contributed by atoms with E-state index < -0.39 is 0 Å². The molecule has 3 N–H and O–H groups in total. The topological polar surface area (TPSA) is 64.1 Å². The van der Waals surface area contributed by atoms with Crippen molar-refractivity contribution in [2.45, 2.75) is 20.4 Å². The normalized spacial score (nSPS) is 10.3. The molecule has 0 aliphatic heterocycles. The highest BCUT2D eigenvalue weighted by Gasteiger charge is 2.11. The molecule has 0 saturated heterocycles. The van der Waals surface area contributed by atoms with Crippen LogP contribution >= 0.6 is 12.2 Å². The molecule has 0 aromatic carbocycles. The number of anilines is 1. The number of nitrogens with zero attached hydrogens (tertiary/aromatic N) is 1. The van der Waals surface area contributed by atoms with E-state index in [1.165, 1.54) is 0 Å². The van der Waals surface area contributed by atoms with E-state index in [0.29, 0.717) is 17.4 Å². The number of pyridine rings is 1. The summed E-state index contributed by atoms with van der Waals surface area (Å²) in [5.41, 5.74) is 8.49. The van der Waals surface area contributed by atoms with Gasteiger partial charge < -0.3 is 15.5 Å². The van der Waals surface area contributed by atoms with Gasteiger partial charge in [-0.15, -0.1) is 0 Å². The minimum atomic E-state index is 0.349. The predicted molar refractivity (Wildman–Crippen MR) is 75.6 cm³/mol. The highest BCUT2D eigenvalue weighted by atomic mass is 32.1. The lowest BCUT2D eigenvalue weighted by Crippen LogP contribution is -2.16. The van der Waals surface area contributed by atoms with Crippen molar-refractivity contribution in [3.63, 3.8) is 0 Å². The lowest BCUT2D eigenvalue weighted by atomic mass is 10.1. The average molecular weight is 261 g/mol. The van der Waals surface area contributed by atoms with Crippen molar-refractivity contribution in [2.75, 3.05) is 5.32 Å². The molecule has 94 valence electrons. The van der Waals surface area contributed by atoms with Crippen LogP contribution in [0.3, 0.4) is 0 Å². The Morgan fingerprint density at radius 2 is 2.28 bits per heavy atom. The lowest BCUT2D eigenvalue weighted by molar-refractivity contribution is 0.518. The molecule has 0 fully saturated rings.